The van der Waals surface area contributed by atoms with E-state index in [0.717, 1.165) is 12.8 Å². The highest BCUT2D eigenvalue weighted by Crippen LogP contribution is 2.37. The van der Waals surface area contributed by atoms with Gasteiger partial charge in [-0.2, -0.15) is 0 Å². The molecule has 1 aromatic carbocycles. The lowest BCUT2D eigenvalue weighted by Gasteiger charge is -2.26. The quantitative estimate of drug-likeness (QED) is 0.886. The first-order chi connectivity index (χ1) is 9.08. The summed E-state index contributed by atoms with van der Waals surface area (Å²) in [5.41, 5.74) is 0.722. The van der Waals surface area contributed by atoms with Crippen LogP contribution in [0.1, 0.15) is 41.1 Å². The molecule has 0 radical (unpaired) electrons. The van der Waals surface area contributed by atoms with Crippen molar-refractivity contribution in [3.63, 3.8) is 0 Å². The number of benzene rings is 1. The number of H-pyrrole nitrogens is 1. The van der Waals surface area contributed by atoms with Gasteiger partial charge in [0.05, 0.1) is 10.5 Å². The maximum absolute atomic E-state index is 11.7. The molecule has 3 rings (SSSR count). The Morgan fingerprint density at radius 1 is 1.37 bits per heavy atom. The first kappa shape index (κ1) is 12.2. The van der Waals surface area contributed by atoms with Crippen LogP contribution in [0.15, 0.2) is 23.0 Å². The smallest absolute Gasteiger partial charge is 0.342 e. The minimum Gasteiger partial charge on any atom is -0.477 e. The van der Waals surface area contributed by atoms with E-state index in [1.807, 2.05) is 12.1 Å². The van der Waals surface area contributed by atoms with Crippen molar-refractivity contribution in [1.82, 2.24) is 4.98 Å². The number of hydrogen-bond donors (Lipinski definition) is 2. The highest BCUT2D eigenvalue weighted by Gasteiger charge is 2.21. The maximum Gasteiger partial charge on any atom is 0.342 e. The minimum absolute atomic E-state index is 0.00593. The summed E-state index contributed by atoms with van der Waals surface area (Å²) in [7, 11) is 0. The summed E-state index contributed by atoms with van der Waals surface area (Å²) >= 11 is 6.02. The standard InChI is InChI=1S/C14H12ClNO3/c15-12-9-5-4-8(7-2-1-3-7)6-10(9)16-13(17)11(12)14(18)19/h4-7H,1-3H2,(H,16,17)(H,18,19). The Hall–Kier alpha value is -1.81. The third kappa shape index (κ3) is 1.92. The van der Waals surface area contributed by atoms with Crippen molar-refractivity contribution in [2.45, 2.75) is 25.2 Å². The Morgan fingerprint density at radius 3 is 2.68 bits per heavy atom. The Balaban J connectivity index is 2.23. The van der Waals surface area contributed by atoms with Crippen LogP contribution in [-0.4, -0.2) is 16.1 Å². The van der Waals surface area contributed by atoms with Crippen molar-refractivity contribution in [2.75, 3.05) is 0 Å². The van der Waals surface area contributed by atoms with Crippen molar-refractivity contribution in [3.8, 4) is 0 Å². The van der Waals surface area contributed by atoms with Crippen LogP contribution < -0.4 is 5.56 Å². The second-order valence-corrected chi connectivity index (χ2v) is 5.26. The van der Waals surface area contributed by atoms with Crippen LogP contribution in [0.4, 0.5) is 0 Å². The van der Waals surface area contributed by atoms with Gasteiger partial charge in [0.25, 0.3) is 5.56 Å². The molecule has 0 atom stereocenters. The lowest BCUT2D eigenvalue weighted by Crippen LogP contribution is -2.18. The highest BCUT2D eigenvalue weighted by molar-refractivity contribution is 6.38. The molecule has 0 bridgehead atoms. The molecule has 0 amide bonds. The number of carbonyl (C=O) groups is 1. The fourth-order valence-corrected chi connectivity index (χ4v) is 2.79. The molecule has 1 aromatic heterocycles. The molecular formula is C14H12ClNO3. The number of carboxylic acid groups (broad SMARTS) is 1. The topological polar surface area (TPSA) is 70.2 Å². The molecule has 2 N–H and O–H groups in total. The average Bonchev–Trinajstić information content (AvgIpc) is 2.25. The summed E-state index contributed by atoms with van der Waals surface area (Å²) < 4.78 is 0. The number of nitrogens with one attached hydrogen (secondary N) is 1. The van der Waals surface area contributed by atoms with Crippen molar-refractivity contribution >= 4 is 28.5 Å². The summed E-state index contributed by atoms with van der Waals surface area (Å²) in [5, 5.41) is 9.57. The fourth-order valence-electron chi connectivity index (χ4n) is 2.46. The van der Waals surface area contributed by atoms with E-state index >= 15 is 0 Å². The van der Waals surface area contributed by atoms with E-state index in [1.165, 1.54) is 12.0 Å². The van der Waals surface area contributed by atoms with Gasteiger partial charge in [-0.1, -0.05) is 30.2 Å². The number of fused-ring (bicyclic) bond motifs is 1. The number of pyridine rings is 1. The first-order valence-electron chi connectivity index (χ1n) is 6.16. The normalized spacial score (nSPS) is 15.4. The van der Waals surface area contributed by atoms with Gasteiger partial charge in [-0.15, -0.1) is 0 Å². The number of rotatable bonds is 2. The van der Waals surface area contributed by atoms with Crippen LogP contribution in [0.5, 0.6) is 0 Å². The highest BCUT2D eigenvalue weighted by atomic mass is 35.5. The maximum atomic E-state index is 11.7. The van der Waals surface area contributed by atoms with E-state index < -0.39 is 17.1 Å². The van der Waals surface area contributed by atoms with Gasteiger partial charge < -0.3 is 10.1 Å². The second-order valence-electron chi connectivity index (χ2n) is 4.88. The van der Waals surface area contributed by atoms with E-state index in [4.69, 9.17) is 16.7 Å². The van der Waals surface area contributed by atoms with Gasteiger partial charge in [-0.25, -0.2) is 4.79 Å². The van der Waals surface area contributed by atoms with E-state index in [0.29, 0.717) is 16.8 Å². The molecule has 1 heterocycles. The molecule has 1 saturated carbocycles. The molecular weight excluding hydrogens is 266 g/mol. The lowest BCUT2D eigenvalue weighted by atomic mass is 9.80. The molecule has 0 unspecified atom stereocenters. The molecule has 0 aliphatic heterocycles. The number of hydrogen-bond acceptors (Lipinski definition) is 2. The molecule has 1 aliphatic carbocycles. The third-order valence-electron chi connectivity index (χ3n) is 3.77. The number of aromatic amines is 1. The monoisotopic (exact) mass is 277 g/mol. The predicted octanol–water partition coefficient (Wildman–Crippen LogP) is 3.15. The van der Waals surface area contributed by atoms with Crippen LogP contribution in [0.25, 0.3) is 10.9 Å². The van der Waals surface area contributed by atoms with Crippen molar-refractivity contribution in [2.24, 2.45) is 0 Å². The van der Waals surface area contributed by atoms with Gasteiger partial charge in [0.15, 0.2) is 0 Å². The predicted molar refractivity (Wildman–Crippen MR) is 73.1 cm³/mol. The third-order valence-corrected chi connectivity index (χ3v) is 4.16. The summed E-state index contributed by atoms with van der Waals surface area (Å²) in [4.78, 5) is 25.4. The molecule has 1 aliphatic rings. The van der Waals surface area contributed by atoms with Crippen LogP contribution >= 0.6 is 11.6 Å². The van der Waals surface area contributed by atoms with E-state index in [1.54, 1.807) is 6.07 Å². The zero-order valence-corrected chi connectivity index (χ0v) is 10.8. The summed E-state index contributed by atoms with van der Waals surface area (Å²) in [6.45, 7) is 0. The van der Waals surface area contributed by atoms with E-state index in [9.17, 15) is 9.59 Å². The number of aromatic carboxylic acids is 1. The number of carboxylic acids is 1. The van der Waals surface area contributed by atoms with E-state index in [2.05, 4.69) is 4.98 Å². The van der Waals surface area contributed by atoms with Gasteiger partial charge in [0.1, 0.15) is 5.56 Å². The minimum atomic E-state index is -1.31. The van der Waals surface area contributed by atoms with E-state index in [-0.39, 0.29) is 5.02 Å². The molecule has 2 aromatic rings. The summed E-state index contributed by atoms with van der Waals surface area (Å²) in [6, 6.07) is 5.65. The average molecular weight is 278 g/mol. The fraction of sp³-hybridized carbons (Fsp3) is 0.286. The Morgan fingerprint density at radius 2 is 2.11 bits per heavy atom. The van der Waals surface area contributed by atoms with Crippen LogP contribution in [0.3, 0.4) is 0 Å². The van der Waals surface area contributed by atoms with Crippen molar-refractivity contribution in [3.05, 3.63) is 44.7 Å². The SMILES string of the molecule is O=C(O)c1c(Cl)c2ccc(C3CCC3)cc2[nH]c1=O. The largest absolute Gasteiger partial charge is 0.477 e. The molecule has 0 spiro atoms. The van der Waals surface area contributed by atoms with Gasteiger partial charge in [0.2, 0.25) is 0 Å². The Kier molecular flexibility index (Phi) is 2.82. The first-order valence-corrected chi connectivity index (χ1v) is 6.54. The van der Waals surface area contributed by atoms with Gasteiger partial charge in [-0.3, -0.25) is 4.79 Å². The zero-order chi connectivity index (χ0) is 13.6. The molecule has 19 heavy (non-hydrogen) atoms. The number of halogens is 1. The second kappa shape index (κ2) is 4.38. The summed E-state index contributed by atoms with van der Waals surface area (Å²) in [5.74, 6) is -0.762. The zero-order valence-electron chi connectivity index (χ0n) is 10.1. The van der Waals surface area contributed by atoms with Crippen LogP contribution in [0, 0.1) is 0 Å². The molecule has 5 heteroatoms. The molecule has 4 nitrogen and oxygen atoms in total. The molecule has 1 fully saturated rings. The molecule has 0 saturated heterocycles. The lowest BCUT2D eigenvalue weighted by molar-refractivity contribution is 0.0695. The van der Waals surface area contributed by atoms with Crippen molar-refractivity contribution < 1.29 is 9.90 Å². The van der Waals surface area contributed by atoms with Gasteiger partial charge >= 0.3 is 5.97 Å². The summed E-state index contributed by atoms with van der Waals surface area (Å²) in [6.07, 6.45) is 3.56. The number of aromatic nitrogens is 1. The van der Waals surface area contributed by atoms with Crippen LogP contribution in [0.2, 0.25) is 5.02 Å². The Labute approximate surface area is 114 Å². The van der Waals surface area contributed by atoms with Crippen LogP contribution in [-0.2, 0) is 0 Å². The van der Waals surface area contributed by atoms with Gasteiger partial charge in [0, 0.05) is 5.39 Å². The van der Waals surface area contributed by atoms with Crippen molar-refractivity contribution in [1.29, 1.82) is 0 Å². The van der Waals surface area contributed by atoms with Gasteiger partial charge in [-0.05, 0) is 30.4 Å². The molecule has 98 valence electrons. The Bertz CT molecular complexity index is 731.